The molecule has 0 radical (unpaired) electrons. The highest BCUT2D eigenvalue weighted by atomic mass is 16.5. The molecule has 1 aliphatic carbocycles. The smallest absolute Gasteiger partial charge is 0.338 e. The van der Waals surface area contributed by atoms with Crippen LogP contribution in [0.3, 0.4) is 0 Å². The van der Waals surface area contributed by atoms with Gasteiger partial charge in [-0.05, 0) is 55.7 Å². The van der Waals surface area contributed by atoms with Crippen LogP contribution in [0, 0.1) is 17.8 Å². The third-order valence-electron chi connectivity index (χ3n) is 6.03. The van der Waals surface area contributed by atoms with Crippen molar-refractivity contribution < 1.29 is 28.7 Å². The minimum absolute atomic E-state index is 0.00102. The maximum Gasteiger partial charge on any atom is 0.338 e. The van der Waals surface area contributed by atoms with Crippen LogP contribution in [0.15, 0.2) is 60.7 Å². The van der Waals surface area contributed by atoms with E-state index >= 15 is 0 Å². The van der Waals surface area contributed by atoms with Crippen LogP contribution in [0.4, 0.5) is 11.4 Å². The number of para-hydroxylation sites is 2. The molecule has 1 fully saturated rings. The van der Waals surface area contributed by atoms with Gasteiger partial charge in [-0.25, -0.2) is 4.79 Å². The lowest BCUT2D eigenvalue weighted by Gasteiger charge is -2.22. The molecule has 1 N–H and O–H groups in total. The number of hydrogen-bond donors (Lipinski definition) is 1. The van der Waals surface area contributed by atoms with Crippen LogP contribution < -0.4 is 15.0 Å². The second kappa shape index (κ2) is 9.91. The van der Waals surface area contributed by atoms with Crippen molar-refractivity contribution in [1.29, 1.82) is 0 Å². The number of nitrogens with one attached hydrogen (secondary N) is 1. The van der Waals surface area contributed by atoms with Crippen LogP contribution in [0.1, 0.15) is 30.6 Å². The monoisotopic (exact) mass is 462 g/mol. The normalized spacial score (nSPS) is 21.2. The maximum absolute atomic E-state index is 12.9. The Morgan fingerprint density at radius 1 is 1.06 bits per heavy atom. The molecule has 176 valence electrons. The zero-order valence-electron chi connectivity index (χ0n) is 19.0. The summed E-state index contributed by atoms with van der Waals surface area (Å²) in [6.07, 6.45) is 4.48. The summed E-state index contributed by atoms with van der Waals surface area (Å²) in [4.78, 5) is 51.6. The van der Waals surface area contributed by atoms with E-state index in [1.165, 1.54) is 17.0 Å². The summed E-state index contributed by atoms with van der Waals surface area (Å²) in [5.41, 5.74) is 1.11. The van der Waals surface area contributed by atoms with Crippen molar-refractivity contribution in [2.75, 3.05) is 23.4 Å². The highest BCUT2D eigenvalue weighted by Gasteiger charge is 2.50. The lowest BCUT2D eigenvalue weighted by molar-refractivity contribution is -0.123. The fourth-order valence-corrected chi connectivity index (χ4v) is 4.40. The van der Waals surface area contributed by atoms with Gasteiger partial charge in [-0.15, -0.1) is 0 Å². The number of ether oxygens (including phenoxy) is 2. The molecule has 8 nitrogen and oxygen atoms in total. The van der Waals surface area contributed by atoms with Gasteiger partial charge in [-0.2, -0.15) is 0 Å². The Hall–Kier alpha value is -3.94. The SMILES string of the molecule is CCOc1ccccc1NC(=O)COC(=O)c1ccc(N2C(=O)[C@H]3[C@H](C)C=CC[C@H]3C2=O)cc1. The van der Waals surface area contributed by atoms with E-state index in [1.54, 1.807) is 36.4 Å². The number of rotatable bonds is 7. The van der Waals surface area contributed by atoms with Crippen molar-refractivity contribution in [3.63, 3.8) is 0 Å². The van der Waals surface area contributed by atoms with E-state index in [4.69, 9.17) is 9.47 Å². The van der Waals surface area contributed by atoms with Crippen LogP contribution in [0.5, 0.6) is 5.75 Å². The van der Waals surface area contributed by atoms with Gasteiger partial charge in [0.15, 0.2) is 6.61 Å². The molecule has 2 aromatic rings. The summed E-state index contributed by atoms with van der Waals surface area (Å²) >= 11 is 0. The molecule has 0 aromatic heterocycles. The number of allylic oxidation sites excluding steroid dienone is 2. The number of nitrogens with zero attached hydrogens (tertiary/aromatic N) is 1. The van der Waals surface area contributed by atoms with Gasteiger partial charge >= 0.3 is 5.97 Å². The minimum Gasteiger partial charge on any atom is -0.492 e. The largest absolute Gasteiger partial charge is 0.492 e. The number of amides is 3. The number of hydrogen-bond acceptors (Lipinski definition) is 6. The van der Waals surface area contributed by atoms with E-state index in [9.17, 15) is 19.2 Å². The van der Waals surface area contributed by atoms with E-state index < -0.39 is 18.5 Å². The predicted molar refractivity (Wildman–Crippen MR) is 125 cm³/mol. The summed E-state index contributed by atoms with van der Waals surface area (Å²) in [6.45, 7) is 3.75. The second-order valence-corrected chi connectivity index (χ2v) is 8.27. The van der Waals surface area contributed by atoms with E-state index in [2.05, 4.69) is 5.32 Å². The lowest BCUT2D eigenvalue weighted by Crippen LogP contribution is -2.31. The Kier molecular flexibility index (Phi) is 6.77. The first-order valence-corrected chi connectivity index (χ1v) is 11.2. The Labute approximate surface area is 197 Å². The highest BCUT2D eigenvalue weighted by Crippen LogP contribution is 2.40. The Morgan fingerprint density at radius 2 is 1.79 bits per heavy atom. The van der Waals surface area contributed by atoms with Crippen LogP contribution in [-0.4, -0.2) is 36.9 Å². The quantitative estimate of drug-likeness (QED) is 0.383. The van der Waals surface area contributed by atoms with Crippen molar-refractivity contribution in [2.45, 2.75) is 20.3 Å². The van der Waals surface area contributed by atoms with Gasteiger partial charge in [0, 0.05) is 0 Å². The molecule has 8 heteroatoms. The molecule has 3 atom stereocenters. The molecule has 1 heterocycles. The first-order chi connectivity index (χ1) is 16.4. The second-order valence-electron chi connectivity index (χ2n) is 8.27. The van der Waals surface area contributed by atoms with Crippen molar-refractivity contribution in [3.05, 3.63) is 66.2 Å². The summed E-state index contributed by atoms with van der Waals surface area (Å²) in [5, 5.41) is 2.66. The van der Waals surface area contributed by atoms with Crippen LogP contribution in [0.25, 0.3) is 0 Å². The number of anilines is 2. The van der Waals surface area contributed by atoms with Gasteiger partial charge in [0.05, 0.1) is 35.4 Å². The van der Waals surface area contributed by atoms with E-state index in [-0.39, 0.29) is 35.1 Å². The number of carbonyl (C=O) groups excluding carboxylic acids is 4. The molecule has 1 saturated heterocycles. The topological polar surface area (TPSA) is 102 Å². The third-order valence-corrected chi connectivity index (χ3v) is 6.03. The molecular formula is C26H26N2O6. The average Bonchev–Trinajstić information content (AvgIpc) is 3.10. The summed E-state index contributed by atoms with van der Waals surface area (Å²) in [7, 11) is 0. The Morgan fingerprint density at radius 3 is 2.50 bits per heavy atom. The molecule has 2 aliphatic rings. The summed E-state index contributed by atoms with van der Waals surface area (Å²) in [5.74, 6) is -1.80. The molecular weight excluding hydrogens is 436 g/mol. The van der Waals surface area contributed by atoms with Gasteiger partial charge in [-0.3, -0.25) is 19.3 Å². The van der Waals surface area contributed by atoms with Crippen molar-refractivity contribution >= 4 is 35.1 Å². The van der Waals surface area contributed by atoms with Gasteiger partial charge in [0.2, 0.25) is 11.8 Å². The number of esters is 1. The maximum atomic E-state index is 12.9. The van der Waals surface area contributed by atoms with Crippen LogP contribution >= 0.6 is 0 Å². The first-order valence-electron chi connectivity index (χ1n) is 11.2. The van der Waals surface area contributed by atoms with Crippen LogP contribution in [-0.2, 0) is 19.1 Å². The van der Waals surface area contributed by atoms with Crippen molar-refractivity contribution in [2.24, 2.45) is 17.8 Å². The van der Waals surface area contributed by atoms with Gasteiger partial charge in [0.25, 0.3) is 5.91 Å². The van der Waals surface area contributed by atoms with E-state index in [0.29, 0.717) is 30.2 Å². The van der Waals surface area contributed by atoms with Crippen LogP contribution in [0.2, 0.25) is 0 Å². The van der Waals surface area contributed by atoms with Gasteiger partial charge in [-0.1, -0.05) is 31.2 Å². The minimum atomic E-state index is -0.689. The van der Waals surface area contributed by atoms with E-state index in [1.807, 2.05) is 26.0 Å². The number of fused-ring (bicyclic) bond motifs is 1. The van der Waals surface area contributed by atoms with Crippen molar-refractivity contribution in [3.8, 4) is 5.75 Å². The zero-order valence-corrected chi connectivity index (χ0v) is 19.0. The van der Waals surface area contributed by atoms with Gasteiger partial charge in [0.1, 0.15) is 5.75 Å². The zero-order chi connectivity index (χ0) is 24.2. The number of imide groups is 1. The molecule has 0 unspecified atom stereocenters. The predicted octanol–water partition coefficient (Wildman–Crippen LogP) is 3.58. The summed E-state index contributed by atoms with van der Waals surface area (Å²) < 4.78 is 10.6. The fourth-order valence-electron chi connectivity index (χ4n) is 4.40. The molecule has 34 heavy (non-hydrogen) atoms. The number of carbonyl (C=O) groups is 4. The highest BCUT2D eigenvalue weighted by molar-refractivity contribution is 6.22. The molecule has 1 aliphatic heterocycles. The molecule has 3 amide bonds. The molecule has 0 spiro atoms. The van der Waals surface area contributed by atoms with Crippen molar-refractivity contribution in [1.82, 2.24) is 0 Å². The Bertz CT molecular complexity index is 1140. The summed E-state index contributed by atoms with van der Waals surface area (Å²) in [6, 6.07) is 13.0. The molecule has 4 rings (SSSR count). The third kappa shape index (κ3) is 4.57. The Balaban J connectivity index is 1.36. The lowest BCUT2D eigenvalue weighted by atomic mass is 9.78. The van der Waals surface area contributed by atoms with E-state index in [0.717, 1.165) is 0 Å². The fraction of sp³-hybridized carbons (Fsp3) is 0.308. The average molecular weight is 463 g/mol. The first kappa shape index (κ1) is 23.2. The van der Waals surface area contributed by atoms with Gasteiger partial charge < -0.3 is 14.8 Å². The standard InChI is InChI=1S/C26H26N2O6/c1-3-33-21-10-5-4-9-20(21)27-22(29)15-34-26(32)17-11-13-18(14-12-17)28-24(30)19-8-6-7-16(2)23(19)25(28)31/h4-7,9-14,16,19,23H,3,8,15H2,1-2H3,(H,27,29)/t16-,19-,23+/m1/s1. The molecule has 0 saturated carbocycles. The molecule has 0 bridgehead atoms. The number of benzene rings is 2. The molecule has 2 aromatic carbocycles.